The summed E-state index contributed by atoms with van der Waals surface area (Å²) in [5.74, 6) is 0.309. The van der Waals surface area contributed by atoms with Gasteiger partial charge >= 0.3 is 0 Å². The Morgan fingerprint density at radius 3 is 3.05 bits per heavy atom. The maximum Gasteiger partial charge on any atom is 0.247 e. The number of nitrogens with one attached hydrogen (secondary N) is 1. The van der Waals surface area contributed by atoms with E-state index in [1.54, 1.807) is 6.20 Å². The van der Waals surface area contributed by atoms with E-state index in [9.17, 15) is 13.5 Å². The second kappa shape index (κ2) is 7.01. The van der Waals surface area contributed by atoms with E-state index in [1.807, 2.05) is 6.92 Å². The molecule has 1 atom stereocenters. The van der Waals surface area contributed by atoms with Crippen molar-refractivity contribution in [1.82, 2.24) is 9.29 Å². The van der Waals surface area contributed by atoms with Gasteiger partial charge in [0.25, 0.3) is 0 Å². The van der Waals surface area contributed by atoms with Crippen LogP contribution < -0.4 is 5.32 Å². The van der Waals surface area contributed by atoms with Crippen molar-refractivity contribution >= 4 is 31.8 Å². The fourth-order valence-electron chi connectivity index (χ4n) is 2.14. The van der Waals surface area contributed by atoms with Crippen LogP contribution in [0.15, 0.2) is 21.6 Å². The lowest BCUT2D eigenvalue weighted by Gasteiger charge is -2.33. The van der Waals surface area contributed by atoms with Crippen LogP contribution in [0, 0.1) is 0 Å². The number of nitrogens with zero attached hydrogens (tertiary/aromatic N) is 2. The van der Waals surface area contributed by atoms with Crippen molar-refractivity contribution in [2.75, 3.05) is 38.2 Å². The minimum atomic E-state index is -3.76. The predicted octanol–water partition coefficient (Wildman–Crippen LogP) is 0.658. The number of aliphatic hydroxyl groups is 1. The van der Waals surface area contributed by atoms with Gasteiger partial charge in [0, 0.05) is 23.8 Å². The van der Waals surface area contributed by atoms with E-state index in [-0.39, 0.29) is 24.7 Å². The van der Waals surface area contributed by atoms with E-state index >= 15 is 0 Å². The molecule has 0 aromatic carbocycles. The normalized spacial score (nSPS) is 20.4. The van der Waals surface area contributed by atoms with Crippen molar-refractivity contribution in [3.05, 3.63) is 16.7 Å². The summed E-state index contributed by atoms with van der Waals surface area (Å²) in [5, 5.41) is 12.3. The van der Waals surface area contributed by atoms with E-state index < -0.39 is 16.1 Å². The van der Waals surface area contributed by atoms with Crippen LogP contribution >= 0.6 is 15.9 Å². The molecular weight excluding hydrogens is 362 g/mol. The number of pyridine rings is 1. The lowest BCUT2D eigenvalue weighted by molar-refractivity contribution is 0.0109. The first-order chi connectivity index (χ1) is 10.0. The Bertz CT molecular complexity index is 596. The van der Waals surface area contributed by atoms with Crippen LogP contribution in [-0.2, 0) is 14.8 Å². The topological polar surface area (TPSA) is 91.8 Å². The van der Waals surface area contributed by atoms with Gasteiger partial charge in [-0.05, 0) is 28.9 Å². The van der Waals surface area contributed by atoms with Crippen molar-refractivity contribution in [2.45, 2.75) is 17.9 Å². The quantitative estimate of drug-likeness (QED) is 0.780. The van der Waals surface area contributed by atoms with E-state index in [1.165, 1.54) is 10.4 Å². The zero-order valence-corrected chi connectivity index (χ0v) is 14.0. The Labute approximate surface area is 132 Å². The minimum absolute atomic E-state index is 0.0964. The van der Waals surface area contributed by atoms with Crippen molar-refractivity contribution < 1.29 is 18.3 Å². The molecule has 7 nitrogen and oxygen atoms in total. The van der Waals surface area contributed by atoms with Crippen LogP contribution in [-0.4, -0.2) is 61.8 Å². The summed E-state index contributed by atoms with van der Waals surface area (Å²) in [4.78, 5) is 4.22. The molecule has 1 unspecified atom stereocenters. The van der Waals surface area contributed by atoms with Gasteiger partial charge in [-0.2, -0.15) is 4.31 Å². The average Bonchev–Trinajstić information content (AvgIpc) is 2.49. The third-order valence-electron chi connectivity index (χ3n) is 3.13. The van der Waals surface area contributed by atoms with Crippen LogP contribution in [0.3, 0.4) is 0 Å². The molecule has 0 saturated carbocycles. The van der Waals surface area contributed by atoms with Crippen LogP contribution in [0.2, 0.25) is 0 Å². The van der Waals surface area contributed by atoms with Gasteiger partial charge in [0.2, 0.25) is 10.0 Å². The van der Waals surface area contributed by atoms with Gasteiger partial charge in [-0.1, -0.05) is 0 Å². The number of aliphatic hydroxyl groups excluding tert-OH is 1. The molecule has 1 aromatic heterocycles. The lowest BCUT2D eigenvalue weighted by atomic mass is 10.3. The number of ether oxygens (including phenoxy) is 1. The Morgan fingerprint density at radius 2 is 2.38 bits per heavy atom. The molecule has 0 radical (unpaired) electrons. The first kappa shape index (κ1) is 16.6. The number of hydrogen-bond acceptors (Lipinski definition) is 6. The van der Waals surface area contributed by atoms with Gasteiger partial charge in [-0.25, -0.2) is 13.4 Å². The van der Waals surface area contributed by atoms with E-state index in [0.29, 0.717) is 23.4 Å². The second-order valence-corrected chi connectivity index (χ2v) is 7.33. The van der Waals surface area contributed by atoms with Gasteiger partial charge in [-0.3, -0.25) is 0 Å². The Kier molecular flexibility index (Phi) is 5.55. The highest BCUT2D eigenvalue weighted by Gasteiger charge is 2.35. The molecule has 0 bridgehead atoms. The Balaban J connectivity index is 2.45. The lowest BCUT2D eigenvalue weighted by Crippen LogP contribution is -2.50. The molecule has 0 amide bonds. The highest BCUT2D eigenvalue weighted by atomic mass is 79.9. The molecule has 2 heterocycles. The van der Waals surface area contributed by atoms with Gasteiger partial charge in [0.15, 0.2) is 0 Å². The molecule has 1 aliphatic heterocycles. The highest BCUT2D eigenvalue weighted by molar-refractivity contribution is 9.10. The van der Waals surface area contributed by atoms with Crippen molar-refractivity contribution in [2.24, 2.45) is 0 Å². The third kappa shape index (κ3) is 3.54. The highest BCUT2D eigenvalue weighted by Crippen LogP contribution is 2.28. The van der Waals surface area contributed by atoms with Crippen LogP contribution in [0.25, 0.3) is 0 Å². The zero-order chi connectivity index (χ0) is 15.5. The maximum absolute atomic E-state index is 12.9. The number of halogens is 1. The molecular formula is C12H18BrN3O4S. The van der Waals surface area contributed by atoms with Crippen LogP contribution in [0.5, 0.6) is 0 Å². The Morgan fingerprint density at radius 1 is 1.62 bits per heavy atom. The van der Waals surface area contributed by atoms with Gasteiger partial charge < -0.3 is 15.2 Å². The Hall–Kier alpha value is -0.740. The number of morpholine rings is 1. The maximum atomic E-state index is 12.9. The summed E-state index contributed by atoms with van der Waals surface area (Å²) in [6, 6.07) is 0.946. The van der Waals surface area contributed by atoms with Gasteiger partial charge in [0.05, 0.1) is 25.9 Å². The third-order valence-corrected chi connectivity index (χ3v) is 5.53. The molecule has 1 fully saturated rings. The molecule has 2 rings (SSSR count). The molecule has 21 heavy (non-hydrogen) atoms. The first-order valence-corrected chi connectivity index (χ1v) is 8.84. The molecule has 118 valence electrons. The van der Waals surface area contributed by atoms with E-state index in [4.69, 9.17) is 4.74 Å². The van der Waals surface area contributed by atoms with Gasteiger partial charge in [-0.15, -0.1) is 0 Å². The zero-order valence-electron chi connectivity index (χ0n) is 11.6. The summed E-state index contributed by atoms with van der Waals surface area (Å²) in [6.07, 6.45) is 1.54. The summed E-state index contributed by atoms with van der Waals surface area (Å²) >= 11 is 3.25. The number of hydrogen-bond donors (Lipinski definition) is 2. The number of rotatable bonds is 5. The second-order valence-electron chi connectivity index (χ2n) is 4.56. The van der Waals surface area contributed by atoms with Gasteiger partial charge in [0.1, 0.15) is 10.7 Å². The monoisotopic (exact) mass is 379 g/mol. The largest absolute Gasteiger partial charge is 0.395 e. The molecule has 1 aliphatic rings. The number of sulfonamides is 1. The summed E-state index contributed by atoms with van der Waals surface area (Å²) in [5.41, 5.74) is 0. The molecule has 0 aliphatic carbocycles. The summed E-state index contributed by atoms with van der Waals surface area (Å²) in [7, 11) is -3.76. The van der Waals surface area contributed by atoms with Crippen molar-refractivity contribution in [1.29, 1.82) is 0 Å². The summed E-state index contributed by atoms with van der Waals surface area (Å²) < 4.78 is 32.8. The fraction of sp³-hybridized carbons (Fsp3) is 0.583. The summed E-state index contributed by atoms with van der Waals surface area (Å²) in [6.45, 7) is 2.86. The molecule has 0 spiro atoms. The van der Waals surface area contributed by atoms with Crippen LogP contribution in [0.1, 0.15) is 6.92 Å². The molecule has 1 aromatic rings. The molecule has 1 saturated heterocycles. The number of anilines is 1. The standard InChI is InChI=1S/C12H18BrN3O4S/c1-2-14-12-11(5-9(13)6-15-12)21(18,19)16-3-4-20-8-10(16)7-17/h5-6,10,17H,2-4,7-8H2,1H3,(H,14,15). The minimum Gasteiger partial charge on any atom is -0.395 e. The van der Waals surface area contributed by atoms with E-state index in [0.717, 1.165) is 0 Å². The molecule has 9 heteroatoms. The average molecular weight is 380 g/mol. The SMILES string of the molecule is CCNc1ncc(Br)cc1S(=O)(=O)N1CCOCC1CO. The molecule has 2 N–H and O–H groups in total. The van der Waals surface area contributed by atoms with Crippen molar-refractivity contribution in [3.8, 4) is 0 Å². The first-order valence-electron chi connectivity index (χ1n) is 6.60. The fourth-order valence-corrected chi connectivity index (χ4v) is 4.36. The van der Waals surface area contributed by atoms with E-state index in [2.05, 4.69) is 26.2 Å². The van der Waals surface area contributed by atoms with Crippen LogP contribution in [0.4, 0.5) is 5.82 Å². The smallest absolute Gasteiger partial charge is 0.247 e. The van der Waals surface area contributed by atoms with Crippen molar-refractivity contribution in [3.63, 3.8) is 0 Å². The number of aromatic nitrogens is 1. The predicted molar refractivity (Wildman–Crippen MR) is 81.7 cm³/mol.